The van der Waals surface area contributed by atoms with Crippen molar-refractivity contribution in [1.29, 1.82) is 0 Å². The van der Waals surface area contributed by atoms with E-state index < -0.39 is 17.5 Å². The number of carbonyl (C=O) groups is 2. The average Bonchev–Trinajstić information content (AvgIpc) is 2.63. The first-order valence-corrected chi connectivity index (χ1v) is 8.97. The van der Waals surface area contributed by atoms with E-state index in [1.54, 1.807) is 30.3 Å². The maximum Gasteiger partial charge on any atom is 0.229 e. The number of hydrogen-bond donors (Lipinski definition) is 1. The molecule has 0 aliphatic rings. The van der Waals surface area contributed by atoms with Crippen LogP contribution in [0.15, 0.2) is 60.8 Å². The first-order chi connectivity index (χ1) is 13.8. The number of nitrogens with one attached hydrogen (secondary N) is 1. The molecule has 1 N–H and O–H groups in total. The summed E-state index contributed by atoms with van der Waals surface area (Å²) in [6.07, 6.45) is 1.44. The Morgan fingerprint density at radius 1 is 1.07 bits per heavy atom. The van der Waals surface area contributed by atoms with Gasteiger partial charge in [-0.2, -0.15) is 0 Å². The number of hydrogen-bond acceptors (Lipinski definition) is 3. The van der Waals surface area contributed by atoms with Crippen molar-refractivity contribution in [2.24, 2.45) is 0 Å². The van der Waals surface area contributed by atoms with E-state index in [1.807, 2.05) is 0 Å². The molecule has 1 aromatic heterocycles. The molecule has 2 amide bonds. The largest absolute Gasteiger partial charge is 0.326 e. The molecule has 0 saturated heterocycles. The van der Waals surface area contributed by atoms with Gasteiger partial charge >= 0.3 is 0 Å². The Kier molecular flexibility index (Phi) is 6.19. The Morgan fingerprint density at radius 2 is 1.76 bits per heavy atom. The zero-order chi connectivity index (χ0) is 21.0. The second-order valence-corrected chi connectivity index (χ2v) is 6.61. The van der Waals surface area contributed by atoms with Crippen LogP contribution in [0.5, 0.6) is 0 Å². The zero-order valence-corrected chi connectivity index (χ0v) is 16.1. The predicted molar refractivity (Wildman–Crippen MR) is 107 cm³/mol. The van der Waals surface area contributed by atoms with E-state index in [-0.39, 0.29) is 23.8 Å². The van der Waals surface area contributed by atoms with Crippen LogP contribution >= 0.6 is 11.6 Å². The van der Waals surface area contributed by atoms with Gasteiger partial charge in [0.05, 0.1) is 12.1 Å². The van der Waals surface area contributed by atoms with E-state index in [1.165, 1.54) is 19.2 Å². The molecule has 5 nitrogen and oxygen atoms in total. The Labute approximate surface area is 170 Å². The summed E-state index contributed by atoms with van der Waals surface area (Å²) in [6, 6.07) is 12.7. The molecule has 3 rings (SSSR count). The Balaban J connectivity index is 1.84. The lowest BCUT2D eigenvalue weighted by Crippen LogP contribution is -2.24. The van der Waals surface area contributed by atoms with Gasteiger partial charge in [0.15, 0.2) is 0 Å². The summed E-state index contributed by atoms with van der Waals surface area (Å²) in [5.74, 6) is -2.35. The summed E-state index contributed by atoms with van der Waals surface area (Å²) in [5, 5.41) is 3.18. The smallest absolute Gasteiger partial charge is 0.229 e. The van der Waals surface area contributed by atoms with Gasteiger partial charge in [-0.15, -0.1) is 0 Å². The van der Waals surface area contributed by atoms with Crippen molar-refractivity contribution in [3.8, 4) is 0 Å². The molecule has 148 valence electrons. The molecule has 0 saturated carbocycles. The van der Waals surface area contributed by atoms with Gasteiger partial charge in [0, 0.05) is 36.0 Å². The number of carbonyl (C=O) groups excluding carboxylic acids is 2. The number of amides is 2. The highest BCUT2D eigenvalue weighted by molar-refractivity contribution is 6.31. The van der Waals surface area contributed by atoms with Crippen LogP contribution in [0.2, 0.25) is 5.02 Å². The number of halogens is 3. The maximum atomic E-state index is 13.6. The second-order valence-electron chi connectivity index (χ2n) is 6.20. The van der Waals surface area contributed by atoms with Crippen molar-refractivity contribution in [2.45, 2.75) is 13.3 Å². The summed E-state index contributed by atoms with van der Waals surface area (Å²) in [7, 11) is 0. The van der Waals surface area contributed by atoms with E-state index in [9.17, 15) is 18.4 Å². The van der Waals surface area contributed by atoms with Crippen LogP contribution in [0.1, 0.15) is 12.5 Å². The van der Waals surface area contributed by atoms with Crippen molar-refractivity contribution < 1.29 is 18.4 Å². The van der Waals surface area contributed by atoms with Crippen LogP contribution in [0.25, 0.3) is 0 Å². The molecule has 2 aromatic carbocycles. The summed E-state index contributed by atoms with van der Waals surface area (Å²) < 4.78 is 27.2. The minimum Gasteiger partial charge on any atom is -0.326 e. The van der Waals surface area contributed by atoms with Crippen LogP contribution in [0, 0.1) is 11.6 Å². The zero-order valence-electron chi connectivity index (χ0n) is 15.3. The van der Waals surface area contributed by atoms with Gasteiger partial charge < -0.3 is 5.32 Å². The fourth-order valence-electron chi connectivity index (χ4n) is 2.78. The molecular formula is C21H16ClF2N3O2. The monoisotopic (exact) mass is 415 g/mol. The van der Waals surface area contributed by atoms with E-state index in [0.29, 0.717) is 22.3 Å². The number of rotatable bonds is 5. The number of aromatic nitrogens is 1. The summed E-state index contributed by atoms with van der Waals surface area (Å²) in [5.41, 5.74) is 1.03. The molecule has 1 heterocycles. The van der Waals surface area contributed by atoms with E-state index in [4.69, 9.17) is 11.6 Å². The highest BCUT2D eigenvalue weighted by Crippen LogP contribution is 2.27. The van der Waals surface area contributed by atoms with Crippen molar-refractivity contribution >= 4 is 40.6 Å². The van der Waals surface area contributed by atoms with Gasteiger partial charge in [-0.1, -0.05) is 29.8 Å². The molecule has 8 heteroatoms. The molecule has 0 atom stereocenters. The van der Waals surface area contributed by atoms with Gasteiger partial charge in [-0.3, -0.25) is 14.5 Å². The minimum absolute atomic E-state index is 0.0120. The summed E-state index contributed by atoms with van der Waals surface area (Å²) >= 11 is 6.07. The van der Waals surface area contributed by atoms with Gasteiger partial charge in [-0.05, 0) is 29.8 Å². The molecule has 0 aliphatic heterocycles. The lowest BCUT2D eigenvalue weighted by molar-refractivity contribution is -0.116. The maximum absolute atomic E-state index is 13.6. The molecule has 0 unspecified atom stereocenters. The molecular weight excluding hydrogens is 400 g/mol. The van der Waals surface area contributed by atoms with Gasteiger partial charge in [-0.25, -0.2) is 13.8 Å². The lowest BCUT2D eigenvalue weighted by atomic mass is 10.1. The van der Waals surface area contributed by atoms with Crippen molar-refractivity contribution in [2.75, 3.05) is 10.2 Å². The summed E-state index contributed by atoms with van der Waals surface area (Å²) in [6.45, 7) is 1.24. The highest BCUT2D eigenvalue weighted by atomic mass is 35.5. The third kappa shape index (κ3) is 5.14. The highest BCUT2D eigenvalue weighted by Gasteiger charge is 2.18. The number of pyridine rings is 1. The fraction of sp³-hybridized carbons (Fsp3) is 0.0952. The predicted octanol–water partition coefficient (Wildman–Crippen LogP) is 4.88. The van der Waals surface area contributed by atoms with Crippen molar-refractivity contribution in [3.05, 3.63) is 83.0 Å². The topological polar surface area (TPSA) is 62.3 Å². The Hall–Kier alpha value is -3.32. The SMILES string of the molecule is CC(=O)N(c1cc(F)cc(F)c1)c1cc(NC(=O)Cc2ccccc2Cl)ccn1. The molecule has 0 radical (unpaired) electrons. The number of nitrogens with zero attached hydrogens (tertiary/aromatic N) is 2. The normalized spacial score (nSPS) is 10.5. The van der Waals surface area contributed by atoms with Crippen LogP contribution < -0.4 is 10.2 Å². The van der Waals surface area contributed by atoms with Gasteiger partial charge in [0.25, 0.3) is 0 Å². The fourth-order valence-corrected chi connectivity index (χ4v) is 2.98. The Bertz CT molecular complexity index is 1060. The van der Waals surface area contributed by atoms with Crippen LogP contribution in [0.4, 0.5) is 26.0 Å². The quantitative estimate of drug-likeness (QED) is 0.646. The third-order valence-electron chi connectivity index (χ3n) is 3.99. The third-order valence-corrected chi connectivity index (χ3v) is 4.36. The van der Waals surface area contributed by atoms with E-state index in [0.717, 1.165) is 17.0 Å². The van der Waals surface area contributed by atoms with Gasteiger partial charge in [0.1, 0.15) is 17.5 Å². The van der Waals surface area contributed by atoms with Crippen molar-refractivity contribution in [3.63, 3.8) is 0 Å². The average molecular weight is 416 g/mol. The van der Waals surface area contributed by atoms with Crippen LogP contribution in [-0.4, -0.2) is 16.8 Å². The molecule has 29 heavy (non-hydrogen) atoms. The van der Waals surface area contributed by atoms with Crippen LogP contribution in [0.3, 0.4) is 0 Å². The number of benzene rings is 2. The number of anilines is 3. The van der Waals surface area contributed by atoms with Crippen LogP contribution in [-0.2, 0) is 16.0 Å². The van der Waals surface area contributed by atoms with E-state index >= 15 is 0 Å². The van der Waals surface area contributed by atoms with Crippen molar-refractivity contribution in [1.82, 2.24) is 4.98 Å². The first kappa shape index (κ1) is 20.4. The molecule has 0 fully saturated rings. The standard InChI is InChI=1S/C21H16ClF2N3O2/c1-13(28)27(18-10-15(23)9-16(24)11-18)20-12-17(6-7-25-20)26-21(29)8-14-4-2-3-5-19(14)22/h2-7,9-12H,8H2,1H3,(H,25,26,29). The molecule has 0 spiro atoms. The lowest BCUT2D eigenvalue weighted by Gasteiger charge is -2.21. The molecule has 0 bridgehead atoms. The second kappa shape index (κ2) is 8.79. The first-order valence-electron chi connectivity index (χ1n) is 8.59. The summed E-state index contributed by atoms with van der Waals surface area (Å²) in [4.78, 5) is 29.6. The molecule has 3 aromatic rings. The minimum atomic E-state index is -0.824. The van der Waals surface area contributed by atoms with E-state index in [2.05, 4.69) is 10.3 Å². The molecule has 0 aliphatic carbocycles. The Morgan fingerprint density at radius 3 is 2.41 bits per heavy atom. The van der Waals surface area contributed by atoms with Gasteiger partial charge in [0.2, 0.25) is 11.8 Å².